The van der Waals surface area contributed by atoms with Crippen LogP contribution >= 0.6 is 0 Å². The highest BCUT2D eigenvalue weighted by Gasteiger charge is 2.16. The van der Waals surface area contributed by atoms with E-state index in [9.17, 15) is 0 Å². The fraction of sp³-hybridized carbons (Fsp3) is 0.625. The molecule has 0 atom stereocenters. The number of benzene rings is 1. The number of ether oxygens (including phenoxy) is 2. The second kappa shape index (κ2) is 7.07. The van der Waals surface area contributed by atoms with Crippen LogP contribution in [0.3, 0.4) is 0 Å². The molecule has 0 spiro atoms. The van der Waals surface area contributed by atoms with Gasteiger partial charge in [-0.1, -0.05) is 18.2 Å². The van der Waals surface area contributed by atoms with Gasteiger partial charge in [0.05, 0.1) is 12.7 Å². The van der Waals surface area contributed by atoms with E-state index in [1.807, 2.05) is 6.07 Å². The molecule has 0 amide bonds. The minimum Gasteiger partial charge on any atom is -0.492 e. The van der Waals surface area contributed by atoms with E-state index in [1.165, 1.54) is 5.56 Å². The highest BCUT2D eigenvalue weighted by atomic mass is 16.5. The van der Waals surface area contributed by atoms with Gasteiger partial charge in [0.2, 0.25) is 0 Å². The number of fused-ring (bicyclic) bond motifs is 1. The van der Waals surface area contributed by atoms with Crippen molar-refractivity contribution in [3.63, 3.8) is 0 Å². The Hall–Kier alpha value is -1.10. The van der Waals surface area contributed by atoms with E-state index < -0.39 is 0 Å². The van der Waals surface area contributed by atoms with Crippen molar-refractivity contribution in [1.29, 1.82) is 0 Å². The van der Waals surface area contributed by atoms with Crippen molar-refractivity contribution in [2.75, 3.05) is 39.4 Å². The van der Waals surface area contributed by atoms with Gasteiger partial charge in [-0.2, -0.15) is 0 Å². The Labute approximate surface area is 121 Å². The third kappa shape index (κ3) is 3.72. The van der Waals surface area contributed by atoms with Gasteiger partial charge < -0.3 is 14.8 Å². The van der Waals surface area contributed by atoms with Crippen molar-refractivity contribution in [3.8, 4) is 5.75 Å². The Kier molecular flexibility index (Phi) is 4.90. The lowest BCUT2D eigenvalue weighted by molar-refractivity contribution is 0.0186. The molecular formula is C16H24N2O2. The lowest BCUT2D eigenvalue weighted by Crippen LogP contribution is -2.35. The van der Waals surface area contributed by atoms with E-state index in [-0.39, 0.29) is 0 Å². The van der Waals surface area contributed by atoms with Crippen LogP contribution in [-0.4, -0.2) is 50.4 Å². The highest BCUT2D eigenvalue weighted by molar-refractivity contribution is 5.33. The van der Waals surface area contributed by atoms with Gasteiger partial charge >= 0.3 is 0 Å². The molecule has 1 fully saturated rings. The minimum atomic E-state index is 0.451. The molecule has 1 saturated heterocycles. The maximum atomic E-state index is 5.99. The van der Waals surface area contributed by atoms with Gasteiger partial charge in [0.15, 0.2) is 0 Å². The standard InChI is InChI=1S/C16H24N2O2/c1-2-4-16-14(3-1)13-18(10-12-20-16)9-11-19-15-5-7-17-8-6-15/h1-4,15,17H,5-13H2. The summed E-state index contributed by atoms with van der Waals surface area (Å²) >= 11 is 0. The van der Waals surface area contributed by atoms with Crippen LogP contribution in [0.2, 0.25) is 0 Å². The molecule has 3 rings (SSSR count). The van der Waals surface area contributed by atoms with Gasteiger partial charge in [0, 0.05) is 25.2 Å². The monoisotopic (exact) mass is 276 g/mol. The average Bonchev–Trinajstić information content (AvgIpc) is 2.70. The molecule has 0 aliphatic carbocycles. The second-order valence-corrected chi connectivity index (χ2v) is 5.55. The van der Waals surface area contributed by atoms with Crippen molar-refractivity contribution in [2.24, 2.45) is 0 Å². The first kappa shape index (κ1) is 13.9. The van der Waals surface area contributed by atoms with Crippen LogP contribution in [0.4, 0.5) is 0 Å². The maximum Gasteiger partial charge on any atom is 0.123 e. The molecule has 4 nitrogen and oxygen atoms in total. The summed E-state index contributed by atoms with van der Waals surface area (Å²) in [5.74, 6) is 1.04. The number of rotatable bonds is 4. The van der Waals surface area contributed by atoms with Crippen molar-refractivity contribution >= 4 is 0 Å². The van der Waals surface area contributed by atoms with E-state index in [0.717, 1.165) is 64.5 Å². The Bertz CT molecular complexity index is 419. The molecule has 0 unspecified atom stereocenters. The van der Waals surface area contributed by atoms with Crippen LogP contribution in [-0.2, 0) is 11.3 Å². The average molecular weight is 276 g/mol. The number of nitrogens with one attached hydrogen (secondary N) is 1. The van der Waals surface area contributed by atoms with Crippen molar-refractivity contribution < 1.29 is 9.47 Å². The van der Waals surface area contributed by atoms with Crippen molar-refractivity contribution in [3.05, 3.63) is 29.8 Å². The van der Waals surface area contributed by atoms with Crippen LogP contribution in [0.5, 0.6) is 5.75 Å². The largest absolute Gasteiger partial charge is 0.492 e. The van der Waals surface area contributed by atoms with E-state index in [2.05, 4.69) is 28.4 Å². The van der Waals surface area contributed by atoms with Crippen LogP contribution in [0, 0.1) is 0 Å². The highest BCUT2D eigenvalue weighted by Crippen LogP contribution is 2.22. The molecule has 0 aromatic heterocycles. The van der Waals surface area contributed by atoms with Crippen molar-refractivity contribution in [2.45, 2.75) is 25.5 Å². The molecule has 1 aromatic carbocycles. The molecule has 2 heterocycles. The first-order valence-corrected chi connectivity index (χ1v) is 7.67. The Morgan fingerprint density at radius 1 is 1.25 bits per heavy atom. The topological polar surface area (TPSA) is 33.7 Å². The summed E-state index contributed by atoms with van der Waals surface area (Å²) in [7, 11) is 0. The van der Waals surface area contributed by atoms with Gasteiger partial charge in [-0.05, 0) is 32.0 Å². The third-order valence-electron chi connectivity index (χ3n) is 4.08. The molecule has 1 aromatic rings. The molecule has 2 aliphatic rings. The fourth-order valence-corrected chi connectivity index (χ4v) is 2.88. The number of para-hydroxylation sites is 1. The zero-order valence-electron chi connectivity index (χ0n) is 12.0. The quantitative estimate of drug-likeness (QED) is 0.906. The molecule has 4 heteroatoms. The first-order chi connectivity index (χ1) is 9.92. The summed E-state index contributed by atoms with van der Waals surface area (Å²) in [6.45, 7) is 6.71. The van der Waals surface area contributed by atoms with Crippen LogP contribution in [0.1, 0.15) is 18.4 Å². The molecule has 2 aliphatic heterocycles. The molecule has 0 bridgehead atoms. The lowest BCUT2D eigenvalue weighted by atomic mass is 10.1. The number of hydrogen-bond donors (Lipinski definition) is 1. The van der Waals surface area contributed by atoms with Crippen LogP contribution < -0.4 is 10.1 Å². The summed E-state index contributed by atoms with van der Waals surface area (Å²) in [5, 5.41) is 3.37. The number of piperidine rings is 1. The predicted octanol–water partition coefficient (Wildman–Crippen LogP) is 1.65. The van der Waals surface area contributed by atoms with Gasteiger partial charge in [-0.25, -0.2) is 0 Å². The van der Waals surface area contributed by atoms with Crippen LogP contribution in [0.25, 0.3) is 0 Å². The predicted molar refractivity (Wildman–Crippen MR) is 79.1 cm³/mol. The molecular weight excluding hydrogens is 252 g/mol. The molecule has 0 saturated carbocycles. The minimum absolute atomic E-state index is 0.451. The maximum absolute atomic E-state index is 5.99. The van der Waals surface area contributed by atoms with Crippen LogP contribution in [0.15, 0.2) is 24.3 Å². The summed E-state index contributed by atoms with van der Waals surface area (Å²) in [6.07, 6.45) is 2.74. The van der Waals surface area contributed by atoms with E-state index in [4.69, 9.17) is 9.47 Å². The lowest BCUT2D eigenvalue weighted by Gasteiger charge is -2.25. The summed E-state index contributed by atoms with van der Waals surface area (Å²) in [6, 6.07) is 8.33. The molecule has 1 N–H and O–H groups in total. The third-order valence-corrected chi connectivity index (χ3v) is 4.08. The Morgan fingerprint density at radius 2 is 2.10 bits per heavy atom. The molecule has 110 valence electrons. The number of nitrogens with zero attached hydrogens (tertiary/aromatic N) is 1. The Morgan fingerprint density at radius 3 is 3.00 bits per heavy atom. The summed E-state index contributed by atoms with van der Waals surface area (Å²) < 4.78 is 11.8. The van der Waals surface area contributed by atoms with E-state index in [0.29, 0.717) is 6.10 Å². The van der Waals surface area contributed by atoms with Gasteiger partial charge in [-0.15, -0.1) is 0 Å². The Balaban J connectivity index is 1.46. The SMILES string of the molecule is c1ccc2c(c1)CN(CCOC1CCNCC1)CCO2. The summed E-state index contributed by atoms with van der Waals surface area (Å²) in [4.78, 5) is 2.42. The van der Waals surface area contributed by atoms with Gasteiger partial charge in [-0.3, -0.25) is 4.90 Å². The van der Waals surface area contributed by atoms with Gasteiger partial charge in [0.1, 0.15) is 12.4 Å². The first-order valence-electron chi connectivity index (χ1n) is 7.67. The molecule has 0 radical (unpaired) electrons. The zero-order chi connectivity index (χ0) is 13.6. The normalized spacial score (nSPS) is 21.0. The molecule has 20 heavy (non-hydrogen) atoms. The van der Waals surface area contributed by atoms with Crippen molar-refractivity contribution in [1.82, 2.24) is 10.2 Å². The second-order valence-electron chi connectivity index (χ2n) is 5.55. The van der Waals surface area contributed by atoms with Gasteiger partial charge in [0.25, 0.3) is 0 Å². The van der Waals surface area contributed by atoms with E-state index in [1.54, 1.807) is 0 Å². The van der Waals surface area contributed by atoms with E-state index >= 15 is 0 Å². The zero-order valence-corrected chi connectivity index (χ0v) is 12.0. The smallest absolute Gasteiger partial charge is 0.123 e. The number of hydrogen-bond acceptors (Lipinski definition) is 4. The summed E-state index contributed by atoms with van der Waals surface area (Å²) in [5.41, 5.74) is 1.28. The fourth-order valence-electron chi connectivity index (χ4n) is 2.88.